The molecule has 4 rings (SSSR count). The number of rotatable bonds is 6. The van der Waals surface area contributed by atoms with Gasteiger partial charge in [-0.2, -0.15) is 4.31 Å². The van der Waals surface area contributed by atoms with Crippen LogP contribution < -0.4 is 5.32 Å². The predicted molar refractivity (Wildman–Crippen MR) is 117 cm³/mol. The molecule has 0 unspecified atom stereocenters. The van der Waals surface area contributed by atoms with Crippen LogP contribution in [-0.4, -0.2) is 77.8 Å². The van der Waals surface area contributed by atoms with Crippen LogP contribution in [0.25, 0.3) is 0 Å². The molecular formula is C22H27FN4O6S. The maximum Gasteiger partial charge on any atom is 0.243 e. The quantitative estimate of drug-likeness (QED) is 0.598. The highest BCUT2D eigenvalue weighted by Crippen LogP contribution is 2.31. The van der Waals surface area contributed by atoms with E-state index < -0.39 is 40.2 Å². The summed E-state index contributed by atoms with van der Waals surface area (Å²) in [5.74, 6) is -0.750. The number of benzene rings is 1. The van der Waals surface area contributed by atoms with Crippen LogP contribution in [0.1, 0.15) is 25.0 Å². The van der Waals surface area contributed by atoms with Gasteiger partial charge in [0, 0.05) is 12.7 Å². The number of carbonyl (C=O) groups excluding carboxylic acids is 1. The molecule has 2 N–H and O–H groups in total. The van der Waals surface area contributed by atoms with E-state index in [0.29, 0.717) is 18.5 Å². The van der Waals surface area contributed by atoms with E-state index in [1.165, 1.54) is 22.8 Å². The molecule has 2 saturated heterocycles. The normalized spacial score (nSPS) is 26.2. The van der Waals surface area contributed by atoms with E-state index in [2.05, 4.69) is 15.3 Å². The predicted octanol–water partition coefficient (Wildman–Crippen LogP) is 0.620. The number of hydrogen-bond donors (Lipinski definition) is 2. The Bertz CT molecular complexity index is 1070. The second-order valence-corrected chi connectivity index (χ2v) is 10.2. The number of halogens is 1. The zero-order valence-electron chi connectivity index (χ0n) is 18.4. The van der Waals surface area contributed by atoms with Gasteiger partial charge in [-0.25, -0.2) is 22.8 Å². The Balaban J connectivity index is 1.43. The summed E-state index contributed by atoms with van der Waals surface area (Å²) < 4.78 is 52.9. The summed E-state index contributed by atoms with van der Waals surface area (Å²) >= 11 is 0. The first kappa shape index (κ1) is 24.6. The molecule has 0 bridgehead atoms. The first-order valence-electron chi connectivity index (χ1n) is 11.0. The van der Waals surface area contributed by atoms with E-state index in [1.54, 1.807) is 12.3 Å². The first-order chi connectivity index (χ1) is 16.3. The summed E-state index contributed by atoms with van der Waals surface area (Å²) in [4.78, 5) is 20.2. The fourth-order valence-corrected chi connectivity index (χ4v) is 5.92. The molecule has 0 saturated carbocycles. The molecular weight excluding hydrogens is 467 g/mol. The Kier molecular flexibility index (Phi) is 7.84. The van der Waals surface area contributed by atoms with Crippen LogP contribution in [0.3, 0.4) is 0 Å². The number of hydrogen-bond acceptors (Lipinski definition) is 8. The second-order valence-electron chi connectivity index (χ2n) is 8.34. The van der Waals surface area contributed by atoms with Crippen molar-refractivity contribution in [3.05, 3.63) is 54.4 Å². The minimum Gasteiger partial charge on any atom is -0.389 e. The van der Waals surface area contributed by atoms with Crippen molar-refractivity contribution in [1.29, 1.82) is 0 Å². The van der Waals surface area contributed by atoms with Crippen LogP contribution in [0.2, 0.25) is 0 Å². The molecule has 4 atom stereocenters. The van der Waals surface area contributed by atoms with Gasteiger partial charge in [0.05, 0.1) is 61.1 Å². The summed E-state index contributed by atoms with van der Waals surface area (Å²) in [6, 6.07) is 5.69. The summed E-state index contributed by atoms with van der Waals surface area (Å²) in [6.07, 6.45) is 1.95. The van der Waals surface area contributed by atoms with Crippen molar-refractivity contribution in [2.24, 2.45) is 0 Å². The number of fused-ring (bicyclic) bond motifs is 1. The van der Waals surface area contributed by atoms with Gasteiger partial charge in [-0.15, -0.1) is 0 Å². The van der Waals surface area contributed by atoms with Gasteiger partial charge >= 0.3 is 0 Å². The van der Waals surface area contributed by atoms with Crippen molar-refractivity contribution in [3.8, 4) is 0 Å². The molecule has 0 radical (unpaired) electrons. The number of sulfonamides is 1. The Hall–Kier alpha value is -2.51. The van der Waals surface area contributed by atoms with Gasteiger partial charge in [-0.3, -0.25) is 4.79 Å². The van der Waals surface area contributed by atoms with Gasteiger partial charge in [-0.05, 0) is 43.2 Å². The second kappa shape index (κ2) is 10.8. The molecule has 1 aromatic heterocycles. The van der Waals surface area contributed by atoms with Gasteiger partial charge in [0.1, 0.15) is 12.1 Å². The van der Waals surface area contributed by atoms with E-state index in [0.717, 1.165) is 12.1 Å². The number of amides is 1. The highest BCUT2D eigenvalue weighted by molar-refractivity contribution is 7.89. The largest absolute Gasteiger partial charge is 0.389 e. The summed E-state index contributed by atoms with van der Waals surface area (Å²) in [5.41, 5.74) is 0.682. The third-order valence-corrected chi connectivity index (χ3v) is 7.78. The zero-order chi connectivity index (χ0) is 24.1. The van der Waals surface area contributed by atoms with Gasteiger partial charge in [0.15, 0.2) is 0 Å². The maximum atomic E-state index is 13.4. The Morgan fingerprint density at radius 3 is 2.74 bits per heavy atom. The molecule has 12 heteroatoms. The molecule has 3 heterocycles. The smallest absolute Gasteiger partial charge is 0.243 e. The molecule has 2 aliphatic heterocycles. The molecule has 0 aliphatic carbocycles. The number of β-amino-alcohol motifs (C(OH)–C–C–N with tert-alkyl or cyclic N) is 1. The minimum atomic E-state index is -4.02. The van der Waals surface area contributed by atoms with Crippen LogP contribution in [0, 0.1) is 5.82 Å². The van der Waals surface area contributed by atoms with E-state index >= 15 is 0 Å². The SMILES string of the molecule is O=C(C[C@@H]1CC[C@H]2[C@@H](COC[C@@H](O)CN2S(=O)(=O)c2ccc(F)cc2)O1)NCc1ccncn1. The molecule has 2 aromatic rings. The van der Waals surface area contributed by atoms with Crippen molar-refractivity contribution < 1.29 is 32.2 Å². The number of aliphatic hydroxyl groups excluding tert-OH is 1. The lowest BCUT2D eigenvalue weighted by molar-refractivity contribution is -0.146. The maximum absolute atomic E-state index is 13.4. The van der Waals surface area contributed by atoms with Crippen molar-refractivity contribution >= 4 is 15.9 Å². The lowest BCUT2D eigenvalue weighted by Crippen LogP contribution is -2.57. The lowest BCUT2D eigenvalue weighted by atomic mass is 9.96. The molecule has 1 amide bonds. The van der Waals surface area contributed by atoms with Crippen LogP contribution in [0.5, 0.6) is 0 Å². The Morgan fingerprint density at radius 1 is 1.21 bits per heavy atom. The van der Waals surface area contributed by atoms with E-state index in [-0.39, 0.29) is 43.5 Å². The fourth-order valence-electron chi connectivity index (χ4n) is 4.20. The molecule has 184 valence electrons. The van der Waals surface area contributed by atoms with E-state index in [9.17, 15) is 22.7 Å². The van der Waals surface area contributed by atoms with Crippen LogP contribution in [0.15, 0.2) is 47.8 Å². The number of nitrogens with zero attached hydrogens (tertiary/aromatic N) is 3. The fraction of sp³-hybridized carbons (Fsp3) is 0.500. The molecule has 2 aliphatic rings. The molecule has 0 spiro atoms. The zero-order valence-corrected chi connectivity index (χ0v) is 19.2. The number of nitrogens with one attached hydrogen (secondary N) is 1. The topological polar surface area (TPSA) is 131 Å². The average molecular weight is 495 g/mol. The highest BCUT2D eigenvalue weighted by atomic mass is 32.2. The number of carbonyl (C=O) groups is 1. The van der Waals surface area contributed by atoms with E-state index in [4.69, 9.17) is 9.47 Å². The van der Waals surface area contributed by atoms with Crippen LogP contribution >= 0.6 is 0 Å². The molecule has 10 nitrogen and oxygen atoms in total. The first-order valence-corrected chi connectivity index (χ1v) is 12.5. The third kappa shape index (κ3) is 5.94. The lowest BCUT2D eigenvalue weighted by Gasteiger charge is -2.43. The van der Waals surface area contributed by atoms with Crippen molar-refractivity contribution in [2.75, 3.05) is 19.8 Å². The van der Waals surface area contributed by atoms with Gasteiger partial charge in [0.2, 0.25) is 15.9 Å². The molecule has 1 aromatic carbocycles. The minimum absolute atomic E-state index is 0.0495. The number of aliphatic hydroxyl groups is 1. The third-order valence-electron chi connectivity index (χ3n) is 5.88. The highest BCUT2D eigenvalue weighted by Gasteiger charge is 2.43. The summed E-state index contributed by atoms with van der Waals surface area (Å²) in [6.45, 7) is 0.126. The van der Waals surface area contributed by atoms with E-state index in [1.807, 2.05) is 0 Å². The van der Waals surface area contributed by atoms with Crippen molar-refractivity contribution in [3.63, 3.8) is 0 Å². The van der Waals surface area contributed by atoms with Crippen molar-refractivity contribution in [2.45, 2.75) is 55.1 Å². The van der Waals surface area contributed by atoms with Crippen LogP contribution in [-0.2, 0) is 30.8 Å². The molecule has 2 fully saturated rings. The van der Waals surface area contributed by atoms with Gasteiger partial charge < -0.3 is 19.9 Å². The number of aromatic nitrogens is 2. The standard InChI is InChI=1S/C22H27FN4O6S/c23-15-1-4-19(5-2-15)34(30,31)27-11-17(28)12-32-13-21-20(27)6-3-18(33-21)9-22(29)25-10-16-7-8-24-14-26-16/h1-2,4-5,7-8,14,17-18,20-21,28H,3,6,9-13H2,(H,25,29)/t17-,18-,20-,21+/m0/s1. The Morgan fingerprint density at radius 2 is 2.00 bits per heavy atom. The average Bonchev–Trinajstić information content (AvgIpc) is 2.81. The van der Waals surface area contributed by atoms with Gasteiger partial charge in [0.25, 0.3) is 0 Å². The molecule has 34 heavy (non-hydrogen) atoms. The Labute approximate surface area is 197 Å². The van der Waals surface area contributed by atoms with Crippen molar-refractivity contribution in [1.82, 2.24) is 19.6 Å². The number of ether oxygens (including phenoxy) is 2. The summed E-state index contributed by atoms with van der Waals surface area (Å²) in [7, 11) is -4.02. The monoisotopic (exact) mass is 494 g/mol. The van der Waals surface area contributed by atoms with Gasteiger partial charge in [-0.1, -0.05) is 0 Å². The van der Waals surface area contributed by atoms with Crippen LogP contribution in [0.4, 0.5) is 4.39 Å². The summed E-state index contributed by atoms with van der Waals surface area (Å²) in [5, 5.41) is 13.1.